The van der Waals surface area contributed by atoms with Crippen LogP contribution < -0.4 is 0 Å². The molecule has 0 aromatic rings. The van der Waals surface area contributed by atoms with Crippen LogP contribution in [0.15, 0.2) is 12.2 Å². The molecule has 0 aromatic carbocycles. The monoisotopic (exact) mass is 434 g/mol. The average Bonchev–Trinajstić information content (AvgIpc) is 3.63. The number of carbonyl (C=O) groups is 1. The Morgan fingerprint density at radius 3 is 1.56 bits per heavy atom. The van der Waals surface area contributed by atoms with Gasteiger partial charge in [-0.25, -0.2) is 4.79 Å². The van der Waals surface area contributed by atoms with Gasteiger partial charge in [-0.15, -0.1) is 0 Å². The van der Waals surface area contributed by atoms with Gasteiger partial charge in [-0.3, -0.25) is 0 Å². The molecule has 8 fully saturated rings. The smallest absolute Gasteiger partial charge is 0.333 e. The second-order valence-corrected chi connectivity index (χ2v) is 14.3. The first kappa shape index (κ1) is 19.5. The molecule has 174 valence electrons. The lowest BCUT2D eigenvalue weighted by molar-refractivity contribution is -0.181. The number of hydrogen-bond donors (Lipinski definition) is 0. The molecule has 0 amide bonds. The van der Waals surface area contributed by atoms with Gasteiger partial charge in [0, 0.05) is 17.4 Å². The fourth-order valence-electron chi connectivity index (χ4n) is 13.2. The summed E-state index contributed by atoms with van der Waals surface area (Å²) < 4.78 is 6.69. The Kier molecular flexibility index (Phi) is 3.81. The third kappa shape index (κ3) is 2.23. The van der Waals surface area contributed by atoms with Crippen molar-refractivity contribution < 1.29 is 9.53 Å². The molecule has 0 aliphatic heterocycles. The number of fused-ring (bicyclic) bond motifs is 18. The summed E-state index contributed by atoms with van der Waals surface area (Å²) in [4.78, 5) is 13.1. The molecule has 8 bridgehead atoms. The minimum Gasteiger partial charge on any atom is -0.455 e. The molecule has 2 nitrogen and oxygen atoms in total. The van der Waals surface area contributed by atoms with Crippen molar-refractivity contribution in [3.05, 3.63) is 12.2 Å². The van der Waals surface area contributed by atoms with E-state index >= 15 is 0 Å². The number of carbonyl (C=O) groups excluding carboxylic acids is 1. The van der Waals surface area contributed by atoms with Crippen molar-refractivity contribution >= 4 is 5.97 Å². The Morgan fingerprint density at radius 2 is 1.12 bits per heavy atom. The van der Waals surface area contributed by atoms with Gasteiger partial charge >= 0.3 is 5.97 Å². The van der Waals surface area contributed by atoms with E-state index in [-0.39, 0.29) is 11.6 Å². The van der Waals surface area contributed by atoms with Crippen molar-refractivity contribution in [3.63, 3.8) is 0 Å². The molecule has 0 N–H and O–H groups in total. The molecule has 0 heterocycles. The molecule has 0 spiro atoms. The second kappa shape index (κ2) is 6.25. The van der Waals surface area contributed by atoms with E-state index in [9.17, 15) is 4.79 Å². The van der Waals surface area contributed by atoms with Gasteiger partial charge in [0.2, 0.25) is 0 Å². The Bertz CT molecular complexity index is 820. The fraction of sp³-hybridized carbons (Fsp3) is 0.900. The molecule has 8 rings (SSSR count). The lowest BCUT2D eigenvalue weighted by atomic mass is 9.57. The van der Waals surface area contributed by atoms with Gasteiger partial charge < -0.3 is 4.74 Å². The van der Waals surface area contributed by atoms with Crippen LogP contribution in [-0.4, -0.2) is 11.6 Å². The van der Waals surface area contributed by atoms with E-state index in [4.69, 9.17) is 4.74 Å². The number of esters is 1. The van der Waals surface area contributed by atoms with Gasteiger partial charge in [0.25, 0.3) is 0 Å². The van der Waals surface area contributed by atoms with Crippen LogP contribution in [0.3, 0.4) is 0 Å². The standard InChI is InChI=1S/C30H42O2/c1-14(2)29(31)32-30(3,23-12-19-10-21(23)27-17-6-4-15(8-17)25(19)27)24-13-20-11-22(24)28-18-7-5-16(9-18)26(20)28/h15-28H,1,4-13H2,2-3H3. The Morgan fingerprint density at radius 1 is 0.688 bits per heavy atom. The Balaban J connectivity index is 1.14. The summed E-state index contributed by atoms with van der Waals surface area (Å²) >= 11 is 0. The maximum absolute atomic E-state index is 13.1. The molecule has 14 unspecified atom stereocenters. The van der Waals surface area contributed by atoms with E-state index in [0.29, 0.717) is 17.4 Å². The maximum atomic E-state index is 13.1. The summed E-state index contributed by atoms with van der Waals surface area (Å²) in [5.74, 6) is 12.7. The molecule has 8 aliphatic rings. The van der Waals surface area contributed by atoms with E-state index in [0.717, 1.165) is 71.0 Å². The van der Waals surface area contributed by atoms with Gasteiger partial charge in [-0.05, 0) is 149 Å². The average molecular weight is 435 g/mol. The summed E-state index contributed by atoms with van der Waals surface area (Å²) in [5.41, 5.74) is 0.340. The van der Waals surface area contributed by atoms with E-state index in [1.165, 1.54) is 64.2 Å². The minimum absolute atomic E-state index is 0.105. The molecular weight excluding hydrogens is 392 g/mol. The van der Waals surface area contributed by atoms with Gasteiger partial charge in [-0.2, -0.15) is 0 Å². The van der Waals surface area contributed by atoms with Gasteiger partial charge in [0.15, 0.2) is 0 Å². The topological polar surface area (TPSA) is 26.3 Å². The van der Waals surface area contributed by atoms with Crippen molar-refractivity contribution in [1.29, 1.82) is 0 Å². The summed E-state index contributed by atoms with van der Waals surface area (Å²) in [5, 5.41) is 0. The predicted octanol–water partition coefficient (Wildman–Crippen LogP) is 6.50. The van der Waals surface area contributed by atoms with Crippen molar-refractivity contribution in [2.24, 2.45) is 82.9 Å². The number of rotatable bonds is 4. The van der Waals surface area contributed by atoms with Crippen LogP contribution in [0, 0.1) is 82.9 Å². The zero-order valence-corrected chi connectivity index (χ0v) is 20.2. The maximum Gasteiger partial charge on any atom is 0.333 e. The van der Waals surface area contributed by atoms with Crippen molar-refractivity contribution in [3.8, 4) is 0 Å². The highest BCUT2D eigenvalue weighted by Crippen LogP contribution is 2.74. The largest absolute Gasteiger partial charge is 0.455 e. The lowest BCUT2D eigenvalue weighted by Crippen LogP contribution is -2.54. The van der Waals surface area contributed by atoms with Crippen LogP contribution in [0.5, 0.6) is 0 Å². The summed E-state index contributed by atoms with van der Waals surface area (Å²) in [6.07, 6.45) is 14.7. The minimum atomic E-state index is -0.255. The second-order valence-electron chi connectivity index (χ2n) is 14.3. The third-order valence-corrected chi connectivity index (χ3v) is 13.6. The summed E-state index contributed by atoms with van der Waals surface area (Å²) in [6, 6.07) is 0. The molecule has 14 atom stereocenters. The van der Waals surface area contributed by atoms with Gasteiger partial charge in [-0.1, -0.05) is 6.58 Å². The number of hydrogen-bond acceptors (Lipinski definition) is 2. The van der Waals surface area contributed by atoms with E-state index in [2.05, 4.69) is 13.5 Å². The zero-order valence-electron chi connectivity index (χ0n) is 20.2. The normalized spacial score (nSPS) is 59.4. The predicted molar refractivity (Wildman–Crippen MR) is 124 cm³/mol. The van der Waals surface area contributed by atoms with Crippen LogP contribution in [-0.2, 0) is 9.53 Å². The van der Waals surface area contributed by atoms with E-state index in [1.807, 2.05) is 6.92 Å². The first-order valence-electron chi connectivity index (χ1n) is 14.3. The van der Waals surface area contributed by atoms with Crippen molar-refractivity contribution in [1.82, 2.24) is 0 Å². The molecular formula is C30H42O2. The van der Waals surface area contributed by atoms with Gasteiger partial charge in [0.1, 0.15) is 5.60 Å². The Hall–Kier alpha value is -0.790. The molecule has 2 heteroatoms. The first-order valence-corrected chi connectivity index (χ1v) is 14.3. The molecule has 32 heavy (non-hydrogen) atoms. The summed E-state index contributed by atoms with van der Waals surface area (Å²) in [7, 11) is 0. The van der Waals surface area contributed by atoms with Crippen LogP contribution in [0.1, 0.15) is 78.1 Å². The molecule has 0 aromatic heterocycles. The highest BCUT2D eigenvalue weighted by molar-refractivity contribution is 5.87. The zero-order chi connectivity index (χ0) is 21.5. The third-order valence-electron chi connectivity index (χ3n) is 13.6. The highest BCUT2D eigenvalue weighted by Gasteiger charge is 2.70. The fourth-order valence-corrected chi connectivity index (χ4v) is 13.2. The van der Waals surface area contributed by atoms with E-state index in [1.54, 1.807) is 0 Å². The first-order chi connectivity index (χ1) is 15.4. The number of ether oxygens (including phenoxy) is 1. The Labute approximate surface area is 194 Å². The van der Waals surface area contributed by atoms with Crippen LogP contribution in [0.4, 0.5) is 0 Å². The SMILES string of the molecule is C=C(C)C(=O)OC(C)(C1CC2CC1C1C3CCC(C3)C21)C1CC2CC1C1C3CCC(C3)C21. The van der Waals surface area contributed by atoms with E-state index < -0.39 is 0 Å². The van der Waals surface area contributed by atoms with Crippen LogP contribution >= 0.6 is 0 Å². The quantitative estimate of drug-likeness (QED) is 0.287. The van der Waals surface area contributed by atoms with Gasteiger partial charge in [0.05, 0.1) is 0 Å². The summed E-state index contributed by atoms with van der Waals surface area (Å²) in [6.45, 7) is 8.26. The molecule has 0 saturated heterocycles. The van der Waals surface area contributed by atoms with Crippen LogP contribution in [0.2, 0.25) is 0 Å². The molecule has 8 aliphatic carbocycles. The molecule has 0 radical (unpaired) electrons. The molecule has 8 saturated carbocycles. The lowest BCUT2D eigenvalue weighted by Gasteiger charge is -2.52. The van der Waals surface area contributed by atoms with Crippen LogP contribution in [0.25, 0.3) is 0 Å². The van der Waals surface area contributed by atoms with Crippen molar-refractivity contribution in [2.75, 3.05) is 0 Å². The highest BCUT2D eigenvalue weighted by atomic mass is 16.6. The van der Waals surface area contributed by atoms with Crippen molar-refractivity contribution in [2.45, 2.75) is 83.7 Å².